The van der Waals surface area contributed by atoms with Gasteiger partial charge in [0.2, 0.25) is 5.91 Å². The number of rotatable bonds is 7. The predicted octanol–water partition coefficient (Wildman–Crippen LogP) is 2.29. The quantitative estimate of drug-likeness (QED) is 0.698. The van der Waals surface area contributed by atoms with Gasteiger partial charge in [-0.25, -0.2) is 0 Å². The number of carbonyl (C=O) groups is 1. The van der Waals surface area contributed by atoms with Crippen LogP contribution in [0.4, 0.5) is 0 Å². The molecule has 104 valence electrons. The van der Waals surface area contributed by atoms with E-state index in [0.29, 0.717) is 5.92 Å². The molecule has 4 heteroatoms. The molecule has 0 radical (unpaired) electrons. The first-order valence-corrected chi connectivity index (χ1v) is 6.48. The summed E-state index contributed by atoms with van der Waals surface area (Å²) in [6, 6.07) is 0. The van der Waals surface area contributed by atoms with Gasteiger partial charge < -0.3 is 10.6 Å². The van der Waals surface area contributed by atoms with Crippen LogP contribution in [0.15, 0.2) is 25.3 Å². The average Bonchev–Trinajstić information content (AvgIpc) is 2.37. The van der Waals surface area contributed by atoms with Gasteiger partial charge in [-0.15, -0.1) is 25.6 Å². The molecule has 0 aliphatic carbocycles. The SMILES string of the molecule is C=CCC(CC=C)C(=O)NCC1CCCNC1.Cl. The van der Waals surface area contributed by atoms with Crippen molar-refractivity contribution in [3.05, 3.63) is 25.3 Å². The van der Waals surface area contributed by atoms with E-state index < -0.39 is 0 Å². The number of hydrogen-bond donors (Lipinski definition) is 2. The van der Waals surface area contributed by atoms with Gasteiger partial charge in [-0.05, 0) is 44.7 Å². The molecule has 1 heterocycles. The van der Waals surface area contributed by atoms with Crippen LogP contribution in [-0.4, -0.2) is 25.5 Å². The normalized spacial score (nSPS) is 18.8. The molecule has 0 aromatic rings. The van der Waals surface area contributed by atoms with Gasteiger partial charge in [-0.2, -0.15) is 0 Å². The molecule has 18 heavy (non-hydrogen) atoms. The molecule has 0 bridgehead atoms. The van der Waals surface area contributed by atoms with Crippen molar-refractivity contribution in [1.82, 2.24) is 10.6 Å². The van der Waals surface area contributed by atoms with Crippen molar-refractivity contribution < 1.29 is 4.79 Å². The lowest BCUT2D eigenvalue weighted by Crippen LogP contribution is -2.40. The van der Waals surface area contributed by atoms with Gasteiger partial charge in [-0.3, -0.25) is 4.79 Å². The van der Waals surface area contributed by atoms with Crippen molar-refractivity contribution in [3.63, 3.8) is 0 Å². The van der Waals surface area contributed by atoms with Crippen molar-refractivity contribution in [2.75, 3.05) is 19.6 Å². The van der Waals surface area contributed by atoms with Gasteiger partial charge in [0.15, 0.2) is 0 Å². The first-order chi connectivity index (χ1) is 8.27. The molecule has 2 N–H and O–H groups in total. The molecular weight excluding hydrogens is 248 g/mol. The number of halogens is 1. The monoisotopic (exact) mass is 272 g/mol. The van der Waals surface area contributed by atoms with Crippen molar-refractivity contribution in [2.45, 2.75) is 25.7 Å². The fraction of sp³-hybridized carbons (Fsp3) is 0.643. The fourth-order valence-electron chi connectivity index (χ4n) is 2.20. The molecule has 1 rings (SSSR count). The van der Waals surface area contributed by atoms with Gasteiger partial charge in [0.05, 0.1) is 0 Å². The van der Waals surface area contributed by atoms with Crippen LogP contribution in [0.2, 0.25) is 0 Å². The van der Waals surface area contributed by atoms with E-state index in [1.54, 1.807) is 12.2 Å². The van der Waals surface area contributed by atoms with Crippen LogP contribution >= 0.6 is 12.4 Å². The van der Waals surface area contributed by atoms with Crippen LogP contribution < -0.4 is 10.6 Å². The Kier molecular flexibility index (Phi) is 9.70. The average molecular weight is 273 g/mol. The van der Waals surface area contributed by atoms with Crippen molar-refractivity contribution in [1.29, 1.82) is 0 Å². The standard InChI is InChI=1S/C14H24N2O.ClH/c1-3-6-13(7-4-2)14(17)16-11-12-8-5-9-15-10-12;/h3-4,12-13,15H,1-2,5-11H2,(H,16,17);1H. The predicted molar refractivity (Wildman–Crippen MR) is 79.0 cm³/mol. The molecule has 1 aliphatic rings. The first kappa shape index (κ1) is 17.2. The molecule has 1 saturated heterocycles. The summed E-state index contributed by atoms with van der Waals surface area (Å²) in [5.74, 6) is 0.720. The number of hydrogen-bond acceptors (Lipinski definition) is 2. The zero-order valence-corrected chi connectivity index (χ0v) is 11.8. The van der Waals surface area contributed by atoms with E-state index in [1.807, 2.05) is 0 Å². The van der Waals surface area contributed by atoms with E-state index in [0.717, 1.165) is 32.5 Å². The molecule has 0 spiro atoms. The third kappa shape index (κ3) is 6.22. The Morgan fingerprint density at radius 1 is 1.39 bits per heavy atom. The third-order valence-electron chi connectivity index (χ3n) is 3.24. The topological polar surface area (TPSA) is 41.1 Å². The highest BCUT2D eigenvalue weighted by Gasteiger charge is 2.18. The third-order valence-corrected chi connectivity index (χ3v) is 3.24. The molecular formula is C14H25ClN2O. The van der Waals surface area contributed by atoms with Gasteiger partial charge in [-0.1, -0.05) is 12.2 Å². The molecule has 1 aliphatic heterocycles. The number of piperidine rings is 1. The zero-order valence-electron chi connectivity index (χ0n) is 11.0. The number of nitrogens with one attached hydrogen (secondary N) is 2. The van der Waals surface area contributed by atoms with E-state index >= 15 is 0 Å². The van der Waals surface area contributed by atoms with Gasteiger partial charge in [0.25, 0.3) is 0 Å². The number of carbonyl (C=O) groups excluding carboxylic acids is 1. The van der Waals surface area contributed by atoms with Crippen LogP contribution in [0.1, 0.15) is 25.7 Å². The number of amides is 1. The largest absolute Gasteiger partial charge is 0.356 e. The molecule has 1 fully saturated rings. The van der Waals surface area contributed by atoms with Crippen LogP contribution in [0.25, 0.3) is 0 Å². The van der Waals surface area contributed by atoms with Crippen molar-refractivity contribution >= 4 is 18.3 Å². The summed E-state index contributed by atoms with van der Waals surface area (Å²) in [4.78, 5) is 11.9. The highest BCUT2D eigenvalue weighted by Crippen LogP contribution is 2.12. The minimum Gasteiger partial charge on any atom is -0.356 e. The van der Waals surface area contributed by atoms with Gasteiger partial charge in [0, 0.05) is 12.5 Å². The summed E-state index contributed by atoms with van der Waals surface area (Å²) in [5, 5.41) is 6.40. The van der Waals surface area contributed by atoms with E-state index in [9.17, 15) is 4.79 Å². The lowest BCUT2D eigenvalue weighted by Gasteiger charge is -2.24. The fourth-order valence-corrected chi connectivity index (χ4v) is 2.20. The Labute approximate surface area is 117 Å². The van der Waals surface area contributed by atoms with Crippen molar-refractivity contribution in [2.24, 2.45) is 11.8 Å². The molecule has 1 amide bonds. The molecule has 1 unspecified atom stereocenters. The maximum Gasteiger partial charge on any atom is 0.223 e. The van der Waals surface area contributed by atoms with Crippen LogP contribution in [0.5, 0.6) is 0 Å². The second kappa shape index (κ2) is 10.2. The van der Waals surface area contributed by atoms with E-state index in [1.165, 1.54) is 12.8 Å². The summed E-state index contributed by atoms with van der Waals surface area (Å²) >= 11 is 0. The summed E-state index contributed by atoms with van der Waals surface area (Å²) in [5.41, 5.74) is 0. The molecule has 0 aromatic heterocycles. The lowest BCUT2D eigenvalue weighted by molar-refractivity contribution is -0.125. The lowest BCUT2D eigenvalue weighted by atomic mass is 9.97. The Morgan fingerprint density at radius 3 is 2.56 bits per heavy atom. The first-order valence-electron chi connectivity index (χ1n) is 6.48. The Hall–Kier alpha value is -0.800. The second-order valence-corrected chi connectivity index (χ2v) is 4.70. The van der Waals surface area contributed by atoms with E-state index in [2.05, 4.69) is 23.8 Å². The Bertz CT molecular complexity index is 253. The summed E-state index contributed by atoms with van der Waals surface area (Å²) in [7, 11) is 0. The van der Waals surface area contributed by atoms with E-state index in [4.69, 9.17) is 0 Å². The summed E-state index contributed by atoms with van der Waals surface area (Å²) in [6.45, 7) is 10.3. The minimum absolute atomic E-state index is 0. The van der Waals surface area contributed by atoms with Crippen LogP contribution in [0.3, 0.4) is 0 Å². The van der Waals surface area contributed by atoms with E-state index in [-0.39, 0.29) is 24.2 Å². The maximum atomic E-state index is 11.9. The molecule has 0 saturated carbocycles. The summed E-state index contributed by atoms with van der Waals surface area (Å²) in [6.07, 6.45) is 7.47. The molecule has 3 nitrogen and oxygen atoms in total. The maximum absolute atomic E-state index is 11.9. The summed E-state index contributed by atoms with van der Waals surface area (Å²) < 4.78 is 0. The van der Waals surface area contributed by atoms with Crippen molar-refractivity contribution in [3.8, 4) is 0 Å². The van der Waals surface area contributed by atoms with Gasteiger partial charge in [0.1, 0.15) is 0 Å². The van der Waals surface area contributed by atoms with Crippen LogP contribution in [-0.2, 0) is 4.79 Å². The zero-order chi connectivity index (χ0) is 12.5. The van der Waals surface area contributed by atoms with Gasteiger partial charge >= 0.3 is 0 Å². The second-order valence-electron chi connectivity index (χ2n) is 4.70. The Balaban J connectivity index is 0.00000289. The molecule has 1 atom stereocenters. The highest BCUT2D eigenvalue weighted by molar-refractivity contribution is 5.85. The molecule has 0 aromatic carbocycles. The smallest absolute Gasteiger partial charge is 0.223 e. The number of allylic oxidation sites excluding steroid dienone is 2. The minimum atomic E-state index is 0. The van der Waals surface area contributed by atoms with Crippen LogP contribution in [0, 0.1) is 11.8 Å². The Morgan fingerprint density at radius 2 is 2.06 bits per heavy atom. The highest BCUT2D eigenvalue weighted by atomic mass is 35.5.